The third-order valence-electron chi connectivity index (χ3n) is 3.86. The van der Waals surface area contributed by atoms with Gasteiger partial charge in [0.2, 0.25) is 0 Å². The molecule has 1 N–H and O–H groups in total. The Kier molecular flexibility index (Phi) is 3.73. The van der Waals surface area contributed by atoms with Gasteiger partial charge in [0.1, 0.15) is 11.2 Å². The summed E-state index contributed by atoms with van der Waals surface area (Å²) in [6.07, 6.45) is 2.85. The van der Waals surface area contributed by atoms with Gasteiger partial charge < -0.3 is 5.32 Å². The molecule has 9 heteroatoms. The first kappa shape index (κ1) is 15.6. The van der Waals surface area contributed by atoms with E-state index in [1.165, 1.54) is 15.3 Å². The van der Waals surface area contributed by atoms with E-state index in [4.69, 9.17) is 0 Å². The standard InChI is InChI=1S/C17H13N7O2/c1-23-15(20-21-22-23)11-5-4-6-12(9-11)19-16(25)13-10-18-14-7-2-3-8-24(14)17(13)26/h2-10H,1H3,(H,19,25). The van der Waals surface area contributed by atoms with Gasteiger partial charge in [0.15, 0.2) is 5.82 Å². The maximum absolute atomic E-state index is 12.5. The Hall–Kier alpha value is -3.88. The minimum Gasteiger partial charge on any atom is -0.322 e. The van der Waals surface area contributed by atoms with Crippen molar-refractivity contribution in [3.8, 4) is 11.4 Å². The summed E-state index contributed by atoms with van der Waals surface area (Å²) >= 11 is 0. The molecule has 0 fully saturated rings. The number of aromatic nitrogens is 6. The van der Waals surface area contributed by atoms with Crippen LogP contribution in [0.5, 0.6) is 0 Å². The first-order valence-electron chi connectivity index (χ1n) is 7.74. The molecule has 9 nitrogen and oxygen atoms in total. The molecule has 0 saturated heterocycles. The second-order valence-corrected chi connectivity index (χ2v) is 5.57. The van der Waals surface area contributed by atoms with Crippen molar-refractivity contribution in [2.75, 3.05) is 5.32 Å². The lowest BCUT2D eigenvalue weighted by Gasteiger charge is -2.07. The van der Waals surface area contributed by atoms with Crippen molar-refractivity contribution in [3.05, 3.63) is 70.8 Å². The smallest absolute Gasteiger partial charge is 0.270 e. The van der Waals surface area contributed by atoms with Crippen LogP contribution in [-0.4, -0.2) is 35.5 Å². The molecule has 26 heavy (non-hydrogen) atoms. The molecule has 0 aliphatic rings. The summed E-state index contributed by atoms with van der Waals surface area (Å²) in [5.74, 6) is 0.0301. The summed E-state index contributed by atoms with van der Waals surface area (Å²) in [6.45, 7) is 0. The topological polar surface area (TPSA) is 107 Å². The first-order chi connectivity index (χ1) is 12.6. The fraction of sp³-hybridized carbons (Fsp3) is 0.0588. The largest absolute Gasteiger partial charge is 0.322 e. The Bertz CT molecular complexity index is 1180. The molecule has 4 rings (SSSR count). The number of tetrazole rings is 1. The van der Waals surface area contributed by atoms with Crippen molar-refractivity contribution >= 4 is 17.2 Å². The predicted octanol–water partition coefficient (Wildman–Crippen LogP) is 1.14. The van der Waals surface area contributed by atoms with Gasteiger partial charge in [-0.15, -0.1) is 5.10 Å². The highest BCUT2D eigenvalue weighted by Crippen LogP contribution is 2.19. The number of hydrogen-bond acceptors (Lipinski definition) is 6. The number of carbonyl (C=O) groups excluding carboxylic acids is 1. The van der Waals surface area contributed by atoms with Gasteiger partial charge in [-0.3, -0.25) is 14.0 Å². The third kappa shape index (κ3) is 2.71. The van der Waals surface area contributed by atoms with Gasteiger partial charge in [0.25, 0.3) is 11.5 Å². The number of benzene rings is 1. The van der Waals surface area contributed by atoms with Crippen LogP contribution in [0.2, 0.25) is 0 Å². The van der Waals surface area contributed by atoms with Crippen molar-refractivity contribution in [2.24, 2.45) is 7.05 Å². The molecule has 1 aromatic carbocycles. The van der Waals surface area contributed by atoms with Gasteiger partial charge in [-0.05, 0) is 34.7 Å². The Morgan fingerprint density at radius 3 is 2.85 bits per heavy atom. The van der Waals surface area contributed by atoms with Gasteiger partial charge in [0, 0.05) is 30.7 Å². The lowest BCUT2D eigenvalue weighted by molar-refractivity contribution is 0.102. The first-order valence-corrected chi connectivity index (χ1v) is 7.74. The average Bonchev–Trinajstić information content (AvgIpc) is 3.08. The molecule has 4 aromatic rings. The third-order valence-corrected chi connectivity index (χ3v) is 3.86. The number of hydrogen-bond donors (Lipinski definition) is 1. The van der Waals surface area contributed by atoms with E-state index in [1.54, 1.807) is 49.6 Å². The number of pyridine rings is 1. The summed E-state index contributed by atoms with van der Waals surface area (Å²) in [7, 11) is 1.72. The Labute approximate surface area is 146 Å². The molecule has 3 heterocycles. The maximum atomic E-state index is 12.5. The van der Waals surface area contributed by atoms with Gasteiger partial charge in [-0.2, -0.15) is 0 Å². The minimum atomic E-state index is -0.533. The summed E-state index contributed by atoms with van der Waals surface area (Å²) in [5.41, 5.74) is 1.27. The summed E-state index contributed by atoms with van der Waals surface area (Å²) in [6, 6.07) is 12.2. The molecular weight excluding hydrogens is 334 g/mol. The second kappa shape index (κ2) is 6.20. The molecule has 0 atom stereocenters. The zero-order valence-corrected chi connectivity index (χ0v) is 13.7. The van der Waals surface area contributed by atoms with Gasteiger partial charge in [-0.1, -0.05) is 18.2 Å². The zero-order valence-electron chi connectivity index (χ0n) is 13.7. The van der Waals surface area contributed by atoms with Crippen LogP contribution in [0.1, 0.15) is 10.4 Å². The van der Waals surface area contributed by atoms with E-state index < -0.39 is 11.5 Å². The number of rotatable bonds is 3. The molecule has 0 bridgehead atoms. The molecular formula is C17H13N7O2. The molecule has 0 saturated carbocycles. The van der Waals surface area contributed by atoms with Crippen LogP contribution in [0, 0.1) is 0 Å². The Balaban J connectivity index is 1.66. The van der Waals surface area contributed by atoms with Crippen LogP contribution in [0.25, 0.3) is 17.0 Å². The monoisotopic (exact) mass is 347 g/mol. The number of nitrogens with zero attached hydrogens (tertiary/aromatic N) is 6. The Morgan fingerprint density at radius 2 is 2.04 bits per heavy atom. The van der Waals surface area contributed by atoms with Crippen LogP contribution < -0.4 is 10.9 Å². The number of fused-ring (bicyclic) bond motifs is 1. The number of aryl methyl sites for hydroxylation is 1. The highest BCUT2D eigenvalue weighted by Gasteiger charge is 2.14. The number of nitrogens with one attached hydrogen (secondary N) is 1. The molecule has 1 amide bonds. The fourth-order valence-electron chi connectivity index (χ4n) is 2.59. The average molecular weight is 347 g/mol. The van der Waals surface area contributed by atoms with Gasteiger partial charge >= 0.3 is 0 Å². The summed E-state index contributed by atoms with van der Waals surface area (Å²) in [5, 5.41) is 14.0. The van der Waals surface area contributed by atoms with Crippen LogP contribution in [-0.2, 0) is 7.05 Å². The van der Waals surface area contributed by atoms with Crippen LogP contribution in [0.4, 0.5) is 5.69 Å². The Morgan fingerprint density at radius 1 is 1.15 bits per heavy atom. The molecule has 0 radical (unpaired) electrons. The quantitative estimate of drug-likeness (QED) is 0.595. The van der Waals surface area contributed by atoms with Crippen molar-refractivity contribution in [1.29, 1.82) is 0 Å². The molecule has 0 aliphatic heterocycles. The van der Waals surface area contributed by atoms with E-state index in [1.807, 2.05) is 6.07 Å². The van der Waals surface area contributed by atoms with Crippen LogP contribution >= 0.6 is 0 Å². The van der Waals surface area contributed by atoms with E-state index in [9.17, 15) is 9.59 Å². The number of amides is 1. The highest BCUT2D eigenvalue weighted by atomic mass is 16.2. The molecule has 0 spiro atoms. The van der Waals surface area contributed by atoms with Gasteiger partial charge in [0.05, 0.1) is 0 Å². The summed E-state index contributed by atoms with van der Waals surface area (Å²) < 4.78 is 2.86. The van der Waals surface area contributed by atoms with E-state index in [0.29, 0.717) is 17.2 Å². The fourth-order valence-corrected chi connectivity index (χ4v) is 2.59. The van der Waals surface area contributed by atoms with Crippen LogP contribution in [0.3, 0.4) is 0 Å². The summed E-state index contributed by atoms with van der Waals surface area (Å²) in [4.78, 5) is 29.2. The lowest BCUT2D eigenvalue weighted by atomic mass is 10.2. The predicted molar refractivity (Wildman–Crippen MR) is 93.6 cm³/mol. The number of anilines is 1. The van der Waals surface area contributed by atoms with Crippen molar-refractivity contribution in [3.63, 3.8) is 0 Å². The van der Waals surface area contributed by atoms with Crippen molar-refractivity contribution < 1.29 is 4.79 Å². The minimum absolute atomic E-state index is 0.0422. The SMILES string of the molecule is Cn1nnnc1-c1cccc(NC(=O)c2cnc3ccccn3c2=O)c1. The molecule has 0 aliphatic carbocycles. The van der Waals surface area contributed by atoms with Crippen LogP contribution in [0.15, 0.2) is 59.7 Å². The van der Waals surface area contributed by atoms with Crippen molar-refractivity contribution in [1.82, 2.24) is 29.6 Å². The number of carbonyl (C=O) groups is 1. The van der Waals surface area contributed by atoms with Gasteiger partial charge in [-0.25, -0.2) is 9.67 Å². The molecule has 128 valence electrons. The molecule has 0 unspecified atom stereocenters. The van der Waals surface area contributed by atoms with E-state index in [-0.39, 0.29) is 5.56 Å². The highest BCUT2D eigenvalue weighted by molar-refractivity contribution is 6.04. The zero-order chi connectivity index (χ0) is 18.1. The maximum Gasteiger partial charge on any atom is 0.270 e. The van der Waals surface area contributed by atoms with E-state index in [0.717, 1.165) is 5.56 Å². The van der Waals surface area contributed by atoms with E-state index >= 15 is 0 Å². The lowest BCUT2D eigenvalue weighted by Crippen LogP contribution is -2.26. The second-order valence-electron chi connectivity index (χ2n) is 5.57. The normalized spacial score (nSPS) is 10.8. The molecule has 3 aromatic heterocycles. The van der Waals surface area contributed by atoms with Crippen molar-refractivity contribution in [2.45, 2.75) is 0 Å². The van der Waals surface area contributed by atoms with E-state index in [2.05, 4.69) is 25.8 Å².